The van der Waals surface area contributed by atoms with Gasteiger partial charge in [0.15, 0.2) is 0 Å². The number of rotatable bonds is 12. The van der Waals surface area contributed by atoms with Gasteiger partial charge in [0.1, 0.15) is 0 Å². The molecule has 1 unspecified atom stereocenters. The smallest absolute Gasteiger partial charge is 0.332 e. The summed E-state index contributed by atoms with van der Waals surface area (Å²) in [6.07, 6.45) is 4.41. The lowest BCUT2D eigenvalue weighted by Crippen LogP contribution is -2.36. The predicted molar refractivity (Wildman–Crippen MR) is 101 cm³/mol. The molecule has 0 aliphatic carbocycles. The van der Waals surface area contributed by atoms with Gasteiger partial charge >= 0.3 is 11.9 Å². The molecule has 1 heterocycles. The van der Waals surface area contributed by atoms with Crippen molar-refractivity contribution in [3.8, 4) is 0 Å². The summed E-state index contributed by atoms with van der Waals surface area (Å²) in [7, 11) is 0. The largest absolute Gasteiger partial charge is 0.478 e. The van der Waals surface area contributed by atoms with Crippen LogP contribution < -0.4 is 0 Å². The lowest BCUT2D eigenvalue weighted by molar-refractivity contribution is -0.136. The molecular formula is C20H35NO5. The van der Waals surface area contributed by atoms with Crippen LogP contribution in [0.5, 0.6) is 0 Å². The molecular weight excluding hydrogens is 334 g/mol. The van der Waals surface area contributed by atoms with Gasteiger partial charge in [-0.25, -0.2) is 9.59 Å². The number of carbonyl (C=O) groups is 2. The van der Waals surface area contributed by atoms with Crippen LogP contribution in [0.15, 0.2) is 11.1 Å². The lowest BCUT2D eigenvalue weighted by Gasteiger charge is -2.26. The molecule has 1 aliphatic rings. The van der Waals surface area contributed by atoms with Crippen molar-refractivity contribution in [2.75, 3.05) is 32.8 Å². The molecule has 0 bridgehead atoms. The number of unbranched alkanes of at least 4 members (excludes halogenated alkanes) is 3. The number of nitrogens with zero attached hydrogens (tertiary/aromatic N) is 1. The Morgan fingerprint density at radius 2 is 1.50 bits per heavy atom. The summed E-state index contributed by atoms with van der Waals surface area (Å²) in [6.45, 7) is 10.7. The molecule has 6 nitrogen and oxygen atoms in total. The number of morpholine rings is 1. The van der Waals surface area contributed by atoms with Gasteiger partial charge in [-0.3, -0.25) is 4.90 Å². The van der Waals surface area contributed by atoms with Crippen molar-refractivity contribution in [3.05, 3.63) is 11.1 Å². The maximum atomic E-state index is 11.6. The molecule has 0 radical (unpaired) electrons. The first-order chi connectivity index (χ1) is 12.3. The SMILES string of the molecule is CC(C)C(C)CC(C(=O)O)=C(CCCCCCN1CCOCC1)C(=O)O. The van der Waals surface area contributed by atoms with Crippen molar-refractivity contribution in [1.82, 2.24) is 4.90 Å². The Hall–Kier alpha value is -1.40. The van der Waals surface area contributed by atoms with Gasteiger partial charge in [0, 0.05) is 24.2 Å². The van der Waals surface area contributed by atoms with Crippen LogP contribution in [-0.2, 0) is 14.3 Å². The molecule has 0 aromatic carbocycles. The average molecular weight is 370 g/mol. The Balaban J connectivity index is 2.46. The molecule has 0 spiro atoms. The minimum Gasteiger partial charge on any atom is -0.478 e. The highest BCUT2D eigenvalue weighted by molar-refractivity contribution is 5.98. The molecule has 0 aromatic rings. The molecule has 150 valence electrons. The van der Waals surface area contributed by atoms with Gasteiger partial charge in [0.2, 0.25) is 0 Å². The Morgan fingerprint density at radius 3 is 2.04 bits per heavy atom. The summed E-state index contributed by atoms with van der Waals surface area (Å²) in [5.41, 5.74) is 0.158. The first-order valence-electron chi connectivity index (χ1n) is 9.81. The third-order valence-electron chi connectivity index (χ3n) is 5.30. The van der Waals surface area contributed by atoms with E-state index in [1.807, 2.05) is 20.8 Å². The predicted octanol–water partition coefficient (Wildman–Crippen LogP) is 3.42. The minimum absolute atomic E-state index is 0.0759. The van der Waals surface area contributed by atoms with Gasteiger partial charge in [0.25, 0.3) is 0 Å². The van der Waals surface area contributed by atoms with Crippen LogP contribution in [-0.4, -0.2) is 59.9 Å². The van der Waals surface area contributed by atoms with Gasteiger partial charge in [0.05, 0.1) is 13.2 Å². The highest BCUT2D eigenvalue weighted by Gasteiger charge is 2.22. The number of aliphatic carboxylic acids is 2. The second-order valence-electron chi connectivity index (χ2n) is 7.61. The molecule has 1 saturated heterocycles. The number of carboxylic acids is 2. The van der Waals surface area contributed by atoms with Crippen LogP contribution in [0.2, 0.25) is 0 Å². The molecule has 0 saturated carbocycles. The normalized spacial score (nSPS) is 17.8. The van der Waals surface area contributed by atoms with Crippen LogP contribution in [0.3, 0.4) is 0 Å². The van der Waals surface area contributed by atoms with Crippen molar-refractivity contribution >= 4 is 11.9 Å². The van der Waals surface area contributed by atoms with Gasteiger partial charge in [-0.15, -0.1) is 0 Å². The van der Waals surface area contributed by atoms with E-state index in [0.717, 1.165) is 58.5 Å². The van der Waals surface area contributed by atoms with E-state index < -0.39 is 11.9 Å². The Bertz CT molecular complexity index is 481. The molecule has 1 atom stereocenters. The molecule has 26 heavy (non-hydrogen) atoms. The van der Waals surface area contributed by atoms with Crippen molar-refractivity contribution < 1.29 is 24.5 Å². The third-order valence-corrected chi connectivity index (χ3v) is 5.30. The van der Waals surface area contributed by atoms with Crippen molar-refractivity contribution in [2.24, 2.45) is 11.8 Å². The molecule has 6 heteroatoms. The first kappa shape index (κ1) is 22.6. The molecule has 1 aliphatic heterocycles. The standard InChI is InChI=1S/C20H35NO5/c1-15(2)16(3)14-18(20(24)25)17(19(22)23)8-6-4-5-7-9-21-10-12-26-13-11-21/h15-16H,4-14H2,1-3H3,(H,22,23)(H,24,25). The Kier molecular flexibility index (Phi) is 10.5. The summed E-state index contributed by atoms with van der Waals surface area (Å²) in [4.78, 5) is 25.6. The Morgan fingerprint density at radius 1 is 0.923 bits per heavy atom. The van der Waals surface area contributed by atoms with Crippen molar-refractivity contribution in [3.63, 3.8) is 0 Å². The van der Waals surface area contributed by atoms with E-state index in [1.165, 1.54) is 0 Å². The van der Waals surface area contributed by atoms with E-state index in [2.05, 4.69) is 4.90 Å². The van der Waals surface area contributed by atoms with Crippen LogP contribution in [0.1, 0.15) is 59.3 Å². The fourth-order valence-electron chi connectivity index (χ4n) is 3.10. The lowest BCUT2D eigenvalue weighted by atomic mass is 9.88. The average Bonchev–Trinajstić information content (AvgIpc) is 2.59. The van der Waals surface area contributed by atoms with E-state index >= 15 is 0 Å². The molecule has 1 fully saturated rings. The summed E-state index contributed by atoms with van der Waals surface area (Å²) in [6, 6.07) is 0. The fourth-order valence-corrected chi connectivity index (χ4v) is 3.10. The van der Waals surface area contributed by atoms with Crippen LogP contribution >= 0.6 is 0 Å². The molecule has 1 rings (SSSR count). The molecule has 0 amide bonds. The minimum atomic E-state index is -1.10. The van der Waals surface area contributed by atoms with E-state index in [0.29, 0.717) is 18.8 Å². The second-order valence-corrected chi connectivity index (χ2v) is 7.61. The number of ether oxygens (including phenoxy) is 1. The zero-order valence-corrected chi connectivity index (χ0v) is 16.5. The third kappa shape index (κ3) is 8.32. The van der Waals surface area contributed by atoms with Crippen LogP contribution in [0, 0.1) is 11.8 Å². The van der Waals surface area contributed by atoms with E-state index in [4.69, 9.17) is 4.74 Å². The van der Waals surface area contributed by atoms with Gasteiger partial charge in [-0.1, -0.05) is 33.6 Å². The summed E-state index contributed by atoms with van der Waals surface area (Å²) in [5.74, 6) is -1.72. The molecule has 0 aromatic heterocycles. The topological polar surface area (TPSA) is 87.1 Å². The monoisotopic (exact) mass is 369 g/mol. The zero-order valence-electron chi connectivity index (χ0n) is 16.5. The summed E-state index contributed by atoms with van der Waals surface area (Å²) >= 11 is 0. The highest BCUT2D eigenvalue weighted by Crippen LogP contribution is 2.25. The van der Waals surface area contributed by atoms with Crippen molar-refractivity contribution in [2.45, 2.75) is 59.3 Å². The Labute approximate surface area is 157 Å². The maximum Gasteiger partial charge on any atom is 0.332 e. The van der Waals surface area contributed by atoms with Gasteiger partial charge in [-0.05, 0) is 44.1 Å². The zero-order chi connectivity index (χ0) is 19.5. The van der Waals surface area contributed by atoms with Crippen LogP contribution in [0.25, 0.3) is 0 Å². The quantitative estimate of drug-likeness (QED) is 0.405. The van der Waals surface area contributed by atoms with Gasteiger partial charge < -0.3 is 14.9 Å². The second kappa shape index (κ2) is 12.1. The fraction of sp³-hybridized carbons (Fsp3) is 0.800. The van der Waals surface area contributed by atoms with Crippen molar-refractivity contribution in [1.29, 1.82) is 0 Å². The summed E-state index contributed by atoms with van der Waals surface area (Å²) < 4.78 is 5.33. The van der Waals surface area contributed by atoms with E-state index in [1.54, 1.807) is 0 Å². The summed E-state index contributed by atoms with van der Waals surface area (Å²) in [5, 5.41) is 18.9. The van der Waals surface area contributed by atoms with Gasteiger partial charge in [-0.2, -0.15) is 0 Å². The molecule has 2 N–H and O–H groups in total. The maximum absolute atomic E-state index is 11.6. The first-order valence-corrected chi connectivity index (χ1v) is 9.81. The highest BCUT2D eigenvalue weighted by atomic mass is 16.5. The number of hydrogen-bond donors (Lipinski definition) is 2. The number of hydrogen-bond acceptors (Lipinski definition) is 4. The van der Waals surface area contributed by atoms with Crippen LogP contribution in [0.4, 0.5) is 0 Å². The van der Waals surface area contributed by atoms with E-state index in [-0.39, 0.29) is 17.1 Å². The number of carboxylic acid groups (broad SMARTS) is 2. The van der Waals surface area contributed by atoms with E-state index in [9.17, 15) is 19.8 Å².